The minimum Gasteiger partial charge on any atom is -0.399 e. The lowest BCUT2D eigenvalue weighted by Crippen LogP contribution is -2.41. The van der Waals surface area contributed by atoms with Crippen LogP contribution in [0.3, 0.4) is 0 Å². The smallest absolute Gasteiger partial charge is 0.399 e. The molecule has 8 aromatic rings. The molecule has 2 aromatic heterocycles. The molecule has 0 saturated carbocycles. The molecule has 0 N–H and O–H groups in total. The van der Waals surface area contributed by atoms with Crippen LogP contribution in [0.5, 0.6) is 0 Å². The van der Waals surface area contributed by atoms with Crippen LogP contribution in [0.25, 0.3) is 76.0 Å². The standard InChI is InChI=1S/C44H35BN2O2S/c1-43(2)44(3,4)49-45(48-43)32-21-23-33(28-13-7-5-8-14-28)36(26-32)38-27-37(46-42(47-38)30-16-9-6-10-17-30)31-19-22-35-40(25-31)50-39-24-20-29-15-11-12-18-34(29)41(35)39/h5-27H,1-4H3. The van der Waals surface area contributed by atoms with Crippen molar-refractivity contribution in [1.82, 2.24) is 9.97 Å². The van der Waals surface area contributed by atoms with E-state index in [0.29, 0.717) is 5.82 Å². The van der Waals surface area contributed by atoms with Gasteiger partial charge >= 0.3 is 7.12 Å². The van der Waals surface area contributed by atoms with E-state index in [0.717, 1.165) is 44.7 Å². The highest BCUT2D eigenvalue weighted by molar-refractivity contribution is 7.26. The van der Waals surface area contributed by atoms with Gasteiger partial charge in [-0.15, -0.1) is 11.3 Å². The molecule has 1 fully saturated rings. The third-order valence-electron chi connectivity index (χ3n) is 10.3. The number of nitrogens with zero attached hydrogens (tertiary/aromatic N) is 2. The van der Waals surface area contributed by atoms with Gasteiger partial charge in [0.2, 0.25) is 0 Å². The van der Waals surface area contributed by atoms with Crippen molar-refractivity contribution >= 4 is 54.9 Å². The monoisotopic (exact) mass is 666 g/mol. The van der Waals surface area contributed by atoms with Gasteiger partial charge < -0.3 is 9.31 Å². The molecule has 3 heterocycles. The normalized spacial score (nSPS) is 15.3. The number of hydrogen-bond acceptors (Lipinski definition) is 5. The third kappa shape index (κ3) is 5.23. The quantitative estimate of drug-likeness (QED) is 0.172. The first-order valence-electron chi connectivity index (χ1n) is 17.1. The SMILES string of the molecule is CC1(C)OB(c2ccc(-c3ccccc3)c(-c3cc(-c4ccc5c(c4)sc4ccc6ccccc6c45)nc(-c4ccccc4)n3)c2)OC1(C)C. The van der Waals surface area contributed by atoms with Crippen LogP contribution in [0.4, 0.5) is 0 Å². The van der Waals surface area contributed by atoms with Crippen LogP contribution in [-0.4, -0.2) is 28.3 Å². The zero-order chi connectivity index (χ0) is 34.0. The first kappa shape index (κ1) is 30.9. The minimum absolute atomic E-state index is 0.448. The lowest BCUT2D eigenvalue weighted by atomic mass is 9.77. The molecule has 0 bridgehead atoms. The van der Waals surface area contributed by atoms with Gasteiger partial charge in [0.15, 0.2) is 5.82 Å². The lowest BCUT2D eigenvalue weighted by molar-refractivity contribution is 0.00578. The number of aromatic nitrogens is 2. The Morgan fingerprint density at radius 3 is 1.96 bits per heavy atom. The van der Waals surface area contributed by atoms with Gasteiger partial charge in [0.05, 0.1) is 22.6 Å². The van der Waals surface area contributed by atoms with Gasteiger partial charge in [-0.1, -0.05) is 121 Å². The maximum Gasteiger partial charge on any atom is 0.494 e. The second-order valence-corrected chi connectivity index (χ2v) is 15.1. The predicted octanol–water partition coefficient (Wildman–Crippen LogP) is 11.0. The molecule has 0 radical (unpaired) electrons. The fourth-order valence-electron chi connectivity index (χ4n) is 6.92. The summed E-state index contributed by atoms with van der Waals surface area (Å²) in [5, 5.41) is 5.13. The fraction of sp³-hybridized carbons (Fsp3) is 0.136. The van der Waals surface area contributed by atoms with Gasteiger partial charge in [0, 0.05) is 36.9 Å². The van der Waals surface area contributed by atoms with E-state index in [1.54, 1.807) is 0 Å². The van der Waals surface area contributed by atoms with Gasteiger partial charge in [-0.2, -0.15) is 0 Å². The van der Waals surface area contributed by atoms with Gasteiger partial charge in [-0.05, 0) is 73.3 Å². The van der Waals surface area contributed by atoms with E-state index >= 15 is 0 Å². The van der Waals surface area contributed by atoms with Crippen molar-refractivity contribution in [1.29, 1.82) is 0 Å². The molecule has 4 nitrogen and oxygen atoms in total. The summed E-state index contributed by atoms with van der Waals surface area (Å²) < 4.78 is 15.5. The van der Waals surface area contributed by atoms with Crippen molar-refractivity contribution in [2.45, 2.75) is 38.9 Å². The summed E-state index contributed by atoms with van der Waals surface area (Å²) in [7, 11) is -0.495. The number of hydrogen-bond donors (Lipinski definition) is 0. The van der Waals surface area contributed by atoms with Crippen molar-refractivity contribution in [3.05, 3.63) is 140 Å². The Labute approximate surface area is 296 Å². The van der Waals surface area contributed by atoms with E-state index in [-0.39, 0.29) is 0 Å². The van der Waals surface area contributed by atoms with Crippen LogP contribution >= 0.6 is 11.3 Å². The molecule has 1 saturated heterocycles. The summed E-state index contributed by atoms with van der Waals surface area (Å²) in [6.45, 7) is 8.35. The van der Waals surface area contributed by atoms with Crippen molar-refractivity contribution < 1.29 is 9.31 Å². The maximum absolute atomic E-state index is 6.51. The number of rotatable bonds is 5. The highest BCUT2D eigenvalue weighted by Gasteiger charge is 2.51. The van der Waals surface area contributed by atoms with E-state index in [9.17, 15) is 0 Å². The summed E-state index contributed by atoms with van der Waals surface area (Å²) in [5.74, 6) is 0.681. The first-order valence-corrected chi connectivity index (χ1v) is 17.9. The minimum atomic E-state index is -0.495. The average Bonchev–Trinajstić information content (AvgIpc) is 3.63. The molecule has 242 valence electrons. The van der Waals surface area contributed by atoms with E-state index in [1.165, 1.54) is 30.9 Å². The Balaban J connectivity index is 1.24. The fourth-order valence-corrected chi connectivity index (χ4v) is 8.08. The highest BCUT2D eigenvalue weighted by atomic mass is 32.1. The second-order valence-electron chi connectivity index (χ2n) is 14.1. The summed E-state index contributed by atoms with van der Waals surface area (Å²) >= 11 is 1.83. The van der Waals surface area contributed by atoms with Gasteiger partial charge in [0.1, 0.15) is 0 Å². The maximum atomic E-state index is 6.51. The van der Waals surface area contributed by atoms with Crippen LogP contribution < -0.4 is 5.46 Å². The zero-order valence-corrected chi connectivity index (χ0v) is 29.3. The van der Waals surface area contributed by atoms with Crippen LogP contribution in [0.1, 0.15) is 27.7 Å². The zero-order valence-electron chi connectivity index (χ0n) is 28.5. The van der Waals surface area contributed by atoms with Crippen molar-refractivity contribution in [2.75, 3.05) is 0 Å². The molecular formula is C44H35BN2O2S. The Kier molecular flexibility index (Phi) is 7.25. The van der Waals surface area contributed by atoms with Crippen molar-refractivity contribution in [2.24, 2.45) is 0 Å². The van der Waals surface area contributed by atoms with Crippen LogP contribution in [0, 0.1) is 0 Å². The van der Waals surface area contributed by atoms with E-state index < -0.39 is 18.3 Å². The van der Waals surface area contributed by atoms with Gasteiger partial charge in [0.25, 0.3) is 0 Å². The average molecular weight is 667 g/mol. The molecule has 6 heteroatoms. The molecule has 0 unspecified atom stereocenters. The molecule has 0 aliphatic carbocycles. The number of benzene rings is 6. The van der Waals surface area contributed by atoms with Gasteiger partial charge in [-0.25, -0.2) is 9.97 Å². The van der Waals surface area contributed by atoms with Crippen LogP contribution in [0.15, 0.2) is 140 Å². The Morgan fingerprint density at radius 2 is 1.20 bits per heavy atom. The molecule has 9 rings (SSSR count). The first-order chi connectivity index (χ1) is 24.2. The Morgan fingerprint density at radius 1 is 0.520 bits per heavy atom. The van der Waals surface area contributed by atoms with Gasteiger partial charge in [-0.3, -0.25) is 0 Å². The highest BCUT2D eigenvalue weighted by Crippen LogP contribution is 2.41. The van der Waals surface area contributed by atoms with Crippen molar-refractivity contribution in [3.63, 3.8) is 0 Å². The number of thiophene rings is 1. The topological polar surface area (TPSA) is 44.2 Å². The third-order valence-corrected chi connectivity index (χ3v) is 11.5. The lowest BCUT2D eigenvalue weighted by Gasteiger charge is -2.32. The van der Waals surface area contributed by atoms with Crippen LogP contribution in [0.2, 0.25) is 0 Å². The number of fused-ring (bicyclic) bond motifs is 5. The molecule has 0 atom stereocenters. The Bertz CT molecular complexity index is 2550. The summed E-state index contributed by atoms with van der Waals surface area (Å²) in [5.41, 5.74) is 6.99. The summed E-state index contributed by atoms with van der Waals surface area (Å²) in [6.07, 6.45) is 0. The molecule has 0 amide bonds. The predicted molar refractivity (Wildman–Crippen MR) is 210 cm³/mol. The van der Waals surface area contributed by atoms with E-state index in [1.807, 2.05) is 35.6 Å². The molecule has 1 aliphatic rings. The van der Waals surface area contributed by atoms with E-state index in [4.69, 9.17) is 19.3 Å². The summed E-state index contributed by atoms with van der Waals surface area (Å²) in [4.78, 5) is 10.4. The van der Waals surface area contributed by atoms with Crippen molar-refractivity contribution in [3.8, 4) is 45.0 Å². The summed E-state index contributed by atoms with van der Waals surface area (Å²) in [6, 6.07) is 49.2. The van der Waals surface area contributed by atoms with E-state index in [2.05, 4.69) is 143 Å². The molecule has 6 aromatic carbocycles. The second kappa shape index (κ2) is 11.7. The largest absolute Gasteiger partial charge is 0.494 e. The molecular weight excluding hydrogens is 631 g/mol. The Hall–Kier alpha value is -5.14. The molecule has 50 heavy (non-hydrogen) atoms. The molecule has 1 aliphatic heterocycles. The molecule has 0 spiro atoms. The van der Waals surface area contributed by atoms with Crippen LogP contribution in [-0.2, 0) is 9.31 Å².